The summed E-state index contributed by atoms with van der Waals surface area (Å²) in [5.41, 5.74) is 12.6. The van der Waals surface area contributed by atoms with Gasteiger partial charge in [-0.2, -0.15) is 0 Å². The molecule has 0 aromatic heterocycles. The monoisotopic (exact) mass is 178 g/mol. The van der Waals surface area contributed by atoms with E-state index in [-0.39, 0.29) is 11.8 Å². The van der Waals surface area contributed by atoms with Gasteiger partial charge in [-0.15, -0.1) is 0 Å². The molecule has 1 unspecified atom stereocenters. The van der Waals surface area contributed by atoms with Gasteiger partial charge in [-0.1, -0.05) is 18.7 Å². The molecule has 0 aliphatic heterocycles. The minimum Gasteiger partial charge on any atom is -0.508 e. The molecule has 1 rings (SSSR count). The Balaban J connectivity index is 2.69. The van der Waals surface area contributed by atoms with Crippen molar-refractivity contribution in [2.24, 2.45) is 11.5 Å². The molecule has 0 fully saturated rings. The summed E-state index contributed by atoms with van der Waals surface area (Å²) in [6.07, 6.45) is 0.601. The number of rotatable bonds is 3. The third-order valence-electron chi connectivity index (χ3n) is 1.84. The lowest BCUT2D eigenvalue weighted by Crippen LogP contribution is -2.28. The molecule has 0 aliphatic rings. The van der Waals surface area contributed by atoms with E-state index in [1.54, 1.807) is 18.2 Å². The van der Waals surface area contributed by atoms with Gasteiger partial charge in [0.25, 0.3) is 0 Å². The predicted octanol–water partition coefficient (Wildman–Crippen LogP) is 0.734. The van der Waals surface area contributed by atoms with E-state index in [4.69, 9.17) is 11.5 Å². The Labute approximate surface area is 77.7 Å². The number of nitrogens with two attached hydrogens (primary N) is 2. The van der Waals surface area contributed by atoms with E-state index in [1.807, 2.05) is 6.07 Å². The maximum Gasteiger partial charge on any atom is 0.115 e. The molecule has 1 aromatic rings. The first-order chi connectivity index (χ1) is 6.09. The van der Waals surface area contributed by atoms with Crippen molar-refractivity contribution in [2.45, 2.75) is 12.5 Å². The van der Waals surface area contributed by atoms with Crippen LogP contribution in [0.25, 0.3) is 0 Å². The molecule has 13 heavy (non-hydrogen) atoms. The number of hydrogen-bond acceptors (Lipinski definition) is 3. The first-order valence-electron chi connectivity index (χ1n) is 4.07. The minimum atomic E-state index is -0.248. The molecule has 1 aromatic carbocycles. The Hall–Kier alpha value is -1.48. The largest absolute Gasteiger partial charge is 0.508 e. The van der Waals surface area contributed by atoms with Crippen LogP contribution in [0.5, 0.6) is 5.75 Å². The molecule has 1 atom stereocenters. The molecule has 0 spiro atoms. The summed E-state index contributed by atoms with van der Waals surface area (Å²) in [4.78, 5) is 0. The van der Waals surface area contributed by atoms with Crippen molar-refractivity contribution >= 4 is 0 Å². The number of phenolic OH excluding ortho intramolecular Hbond substituents is 1. The summed E-state index contributed by atoms with van der Waals surface area (Å²) in [7, 11) is 0. The molecule has 0 aliphatic carbocycles. The van der Waals surface area contributed by atoms with Crippen molar-refractivity contribution in [1.29, 1.82) is 0 Å². The van der Waals surface area contributed by atoms with Crippen LogP contribution in [0.3, 0.4) is 0 Å². The van der Waals surface area contributed by atoms with Crippen molar-refractivity contribution in [2.75, 3.05) is 0 Å². The van der Waals surface area contributed by atoms with Crippen LogP contribution in [0, 0.1) is 0 Å². The fourth-order valence-electron chi connectivity index (χ4n) is 1.07. The quantitative estimate of drug-likeness (QED) is 0.639. The van der Waals surface area contributed by atoms with Crippen molar-refractivity contribution in [3.63, 3.8) is 0 Å². The number of benzene rings is 1. The van der Waals surface area contributed by atoms with Gasteiger partial charge in [-0.3, -0.25) is 0 Å². The van der Waals surface area contributed by atoms with Gasteiger partial charge >= 0.3 is 0 Å². The van der Waals surface area contributed by atoms with Crippen molar-refractivity contribution in [3.8, 4) is 5.75 Å². The highest BCUT2D eigenvalue weighted by Crippen LogP contribution is 2.12. The van der Waals surface area contributed by atoms with Crippen LogP contribution in [-0.4, -0.2) is 11.1 Å². The second kappa shape index (κ2) is 3.96. The van der Waals surface area contributed by atoms with Gasteiger partial charge in [-0.25, -0.2) is 0 Å². The summed E-state index contributed by atoms with van der Waals surface area (Å²) >= 11 is 0. The summed E-state index contributed by atoms with van der Waals surface area (Å²) in [5.74, 6) is 0.243. The lowest BCUT2D eigenvalue weighted by molar-refractivity contribution is 0.474. The van der Waals surface area contributed by atoms with Crippen LogP contribution in [-0.2, 0) is 6.42 Å². The highest BCUT2D eigenvalue weighted by molar-refractivity contribution is 5.28. The first kappa shape index (κ1) is 9.61. The lowest BCUT2D eigenvalue weighted by Gasteiger charge is -2.10. The maximum atomic E-state index is 9.17. The van der Waals surface area contributed by atoms with E-state index in [1.165, 1.54) is 0 Å². The summed E-state index contributed by atoms with van der Waals surface area (Å²) in [5, 5.41) is 9.17. The normalized spacial score (nSPS) is 12.4. The van der Waals surface area contributed by atoms with Crippen molar-refractivity contribution in [3.05, 3.63) is 42.1 Å². The van der Waals surface area contributed by atoms with Crippen LogP contribution in [0.2, 0.25) is 0 Å². The molecule has 3 nitrogen and oxygen atoms in total. The Morgan fingerprint density at radius 2 is 2.23 bits per heavy atom. The molecule has 0 amide bonds. The highest BCUT2D eigenvalue weighted by atomic mass is 16.3. The van der Waals surface area contributed by atoms with E-state index in [0.29, 0.717) is 12.1 Å². The second-order valence-electron chi connectivity index (χ2n) is 3.06. The third-order valence-corrected chi connectivity index (χ3v) is 1.84. The highest BCUT2D eigenvalue weighted by Gasteiger charge is 2.04. The van der Waals surface area contributed by atoms with Crippen LogP contribution in [0.1, 0.15) is 5.56 Å². The van der Waals surface area contributed by atoms with E-state index in [0.717, 1.165) is 5.56 Å². The van der Waals surface area contributed by atoms with Gasteiger partial charge in [-0.05, 0) is 24.1 Å². The summed E-state index contributed by atoms with van der Waals surface area (Å²) in [6.45, 7) is 3.56. The Kier molecular flexibility index (Phi) is 2.93. The number of aromatic hydroxyl groups is 1. The average molecular weight is 178 g/mol. The molecular weight excluding hydrogens is 164 g/mol. The minimum absolute atomic E-state index is 0.243. The van der Waals surface area contributed by atoms with Gasteiger partial charge < -0.3 is 16.6 Å². The molecule has 0 saturated heterocycles. The predicted molar refractivity (Wildman–Crippen MR) is 53.1 cm³/mol. The van der Waals surface area contributed by atoms with Gasteiger partial charge in [0.2, 0.25) is 0 Å². The van der Waals surface area contributed by atoms with Crippen LogP contribution >= 0.6 is 0 Å². The molecule has 5 N–H and O–H groups in total. The number of phenols is 1. The van der Waals surface area contributed by atoms with Gasteiger partial charge in [0.1, 0.15) is 5.75 Å². The SMILES string of the molecule is C=C(N)C(N)Cc1cccc(O)c1. The van der Waals surface area contributed by atoms with Gasteiger partial charge in [0.15, 0.2) is 0 Å². The molecular formula is C10H14N2O. The second-order valence-corrected chi connectivity index (χ2v) is 3.06. The molecule has 0 radical (unpaired) electrons. The van der Waals surface area contributed by atoms with Crippen molar-refractivity contribution < 1.29 is 5.11 Å². The Morgan fingerprint density at radius 3 is 2.77 bits per heavy atom. The third kappa shape index (κ3) is 2.80. The fourth-order valence-corrected chi connectivity index (χ4v) is 1.07. The standard InChI is InChI=1S/C10H14N2O/c1-7(11)10(12)6-8-3-2-4-9(13)5-8/h2-5,10,13H,1,6,11-12H2. The molecule has 0 heterocycles. The Bertz CT molecular complexity index is 310. The van der Waals surface area contributed by atoms with E-state index in [9.17, 15) is 5.11 Å². The Morgan fingerprint density at radius 1 is 1.54 bits per heavy atom. The van der Waals surface area contributed by atoms with E-state index in [2.05, 4.69) is 6.58 Å². The molecule has 0 saturated carbocycles. The van der Waals surface area contributed by atoms with E-state index < -0.39 is 0 Å². The average Bonchev–Trinajstić information content (AvgIpc) is 2.04. The lowest BCUT2D eigenvalue weighted by atomic mass is 10.0. The zero-order valence-electron chi connectivity index (χ0n) is 7.40. The maximum absolute atomic E-state index is 9.17. The van der Waals surface area contributed by atoms with Gasteiger partial charge in [0.05, 0.1) is 0 Å². The molecule has 0 bridgehead atoms. The van der Waals surface area contributed by atoms with Gasteiger partial charge in [0, 0.05) is 11.7 Å². The van der Waals surface area contributed by atoms with Crippen LogP contribution in [0.15, 0.2) is 36.5 Å². The zero-order valence-corrected chi connectivity index (χ0v) is 7.40. The summed E-state index contributed by atoms with van der Waals surface area (Å²) in [6, 6.07) is 6.70. The fraction of sp³-hybridized carbons (Fsp3) is 0.200. The zero-order chi connectivity index (χ0) is 9.84. The first-order valence-corrected chi connectivity index (χ1v) is 4.07. The summed E-state index contributed by atoms with van der Waals surface area (Å²) < 4.78 is 0. The number of hydrogen-bond donors (Lipinski definition) is 3. The van der Waals surface area contributed by atoms with E-state index >= 15 is 0 Å². The van der Waals surface area contributed by atoms with Crippen LogP contribution in [0.4, 0.5) is 0 Å². The topological polar surface area (TPSA) is 72.3 Å². The van der Waals surface area contributed by atoms with Crippen LogP contribution < -0.4 is 11.5 Å². The van der Waals surface area contributed by atoms with Crippen molar-refractivity contribution in [1.82, 2.24) is 0 Å². The molecule has 3 heteroatoms. The molecule has 70 valence electrons. The smallest absolute Gasteiger partial charge is 0.115 e.